The summed E-state index contributed by atoms with van der Waals surface area (Å²) in [7, 11) is 0. The first kappa shape index (κ1) is 19.6. The Hall–Kier alpha value is -0.400. The molecule has 0 radical (unpaired) electrons. The first-order chi connectivity index (χ1) is 9.74. The summed E-state index contributed by atoms with van der Waals surface area (Å²) in [4.78, 5) is 10.8. The Bertz CT molecular complexity index is 225. The molecular weight excluding hydrogens is 286 g/mol. The molecule has 0 aliphatic heterocycles. The van der Waals surface area contributed by atoms with Gasteiger partial charge in [-0.1, -0.05) is 0 Å². The maximum atomic E-state index is 10.8. The number of nitrogens with one attached hydrogen (secondary N) is 1. The molecule has 1 N–H and O–H groups in total. The molecule has 0 atom stereocenters. The Morgan fingerprint density at radius 2 is 1.65 bits per heavy atom. The van der Waals surface area contributed by atoms with Crippen molar-refractivity contribution in [3.8, 4) is 0 Å². The Morgan fingerprint density at radius 3 is 2.20 bits per heavy atom. The van der Waals surface area contributed by atoms with Crippen molar-refractivity contribution < 1.29 is 23.7 Å². The fourth-order valence-electron chi connectivity index (χ4n) is 1.40. The first-order valence-electron chi connectivity index (χ1n) is 6.95. The molecule has 0 heterocycles. The lowest BCUT2D eigenvalue weighted by atomic mass is 10.4. The van der Waals surface area contributed by atoms with Crippen LogP contribution in [0.2, 0.25) is 0 Å². The van der Waals surface area contributed by atoms with Crippen molar-refractivity contribution in [1.29, 1.82) is 0 Å². The van der Waals surface area contributed by atoms with Crippen LogP contribution >= 0.6 is 11.6 Å². The van der Waals surface area contributed by atoms with Crippen LogP contribution < -0.4 is 5.32 Å². The largest absolute Gasteiger partial charge is 0.379 e. The van der Waals surface area contributed by atoms with Gasteiger partial charge in [-0.3, -0.25) is 4.79 Å². The van der Waals surface area contributed by atoms with Gasteiger partial charge in [0.25, 0.3) is 0 Å². The minimum Gasteiger partial charge on any atom is -0.379 e. The van der Waals surface area contributed by atoms with Crippen LogP contribution in [0, 0.1) is 0 Å². The van der Waals surface area contributed by atoms with Crippen molar-refractivity contribution in [2.24, 2.45) is 0 Å². The second-order valence-corrected chi connectivity index (χ2v) is 4.10. The number of rotatable bonds is 14. The molecule has 20 heavy (non-hydrogen) atoms. The van der Waals surface area contributed by atoms with Crippen LogP contribution in [-0.4, -0.2) is 64.3 Å². The highest BCUT2D eigenvalue weighted by molar-refractivity contribution is 6.27. The average molecular weight is 312 g/mol. The summed E-state index contributed by atoms with van der Waals surface area (Å²) in [5.41, 5.74) is 0. The normalized spacial score (nSPS) is 11.0. The zero-order chi connectivity index (χ0) is 15.1. The molecular formula is C13H26ClNO5. The van der Waals surface area contributed by atoms with Gasteiger partial charge in [0.15, 0.2) is 6.29 Å². The van der Waals surface area contributed by atoms with Crippen LogP contribution in [0.15, 0.2) is 0 Å². The third-order valence-electron chi connectivity index (χ3n) is 2.26. The lowest BCUT2D eigenvalue weighted by Crippen LogP contribution is -2.28. The fourth-order valence-corrected chi connectivity index (χ4v) is 1.49. The highest BCUT2D eigenvalue weighted by Crippen LogP contribution is 2.01. The smallest absolute Gasteiger partial charge is 0.235 e. The molecule has 0 rings (SSSR count). The summed E-state index contributed by atoms with van der Waals surface area (Å²) in [6.45, 7) is 7.60. The van der Waals surface area contributed by atoms with Crippen molar-refractivity contribution in [2.45, 2.75) is 26.6 Å². The van der Waals surface area contributed by atoms with Crippen LogP contribution in [0.25, 0.3) is 0 Å². The third-order valence-corrected chi connectivity index (χ3v) is 2.51. The van der Waals surface area contributed by atoms with E-state index in [-0.39, 0.29) is 18.1 Å². The molecule has 0 aromatic heterocycles. The van der Waals surface area contributed by atoms with Gasteiger partial charge in [-0.05, 0) is 13.8 Å². The van der Waals surface area contributed by atoms with E-state index in [0.29, 0.717) is 52.6 Å². The highest BCUT2D eigenvalue weighted by Gasteiger charge is 2.06. The summed E-state index contributed by atoms with van der Waals surface area (Å²) >= 11 is 5.33. The van der Waals surface area contributed by atoms with Gasteiger partial charge in [-0.2, -0.15) is 0 Å². The molecule has 120 valence electrons. The van der Waals surface area contributed by atoms with Crippen molar-refractivity contribution in [3.63, 3.8) is 0 Å². The van der Waals surface area contributed by atoms with E-state index >= 15 is 0 Å². The van der Waals surface area contributed by atoms with E-state index in [2.05, 4.69) is 5.32 Å². The molecule has 0 aromatic rings. The number of amides is 1. The van der Waals surface area contributed by atoms with Gasteiger partial charge in [0.1, 0.15) is 5.88 Å². The molecule has 0 aliphatic rings. The second-order valence-electron chi connectivity index (χ2n) is 3.84. The molecule has 0 bridgehead atoms. The van der Waals surface area contributed by atoms with E-state index in [4.69, 9.17) is 30.5 Å². The van der Waals surface area contributed by atoms with Gasteiger partial charge in [0.2, 0.25) is 5.91 Å². The van der Waals surface area contributed by atoms with Crippen LogP contribution in [-0.2, 0) is 23.7 Å². The number of carbonyl (C=O) groups excluding carboxylic acids is 1. The summed E-state index contributed by atoms with van der Waals surface area (Å²) in [6.07, 6.45) is 0.504. The third kappa shape index (κ3) is 12.6. The Morgan fingerprint density at radius 1 is 1.05 bits per heavy atom. The molecule has 0 unspecified atom stereocenters. The zero-order valence-electron chi connectivity index (χ0n) is 12.4. The van der Waals surface area contributed by atoms with Crippen molar-refractivity contribution in [1.82, 2.24) is 5.32 Å². The summed E-state index contributed by atoms with van der Waals surface area (Å²) < 4.78 is 21.5. The maximum absolute atomic E-state index is 10.8. The maximum Gasteiger partial charge on any atom is 0.235 e. The number of hydrogen-bond donors (Lipinski definition) is 1. The SMILES string of the molecule is CCOC(CCOCCOCCNC(=O)CCl)OCC. The van der Waals surface area contributed by atoms with Crippen LogP contribution in [0.1, 0.15) is 20.3 Å². The Balaban J connectivity index is 3.28. The monoisotopic (exact) mass is 311 g/mol. The van der Waals surface area contributed by atoms with Gasteiger partial charge >= 0.3 is 0 Å². The quantitative estimate of drug-likeness (QED) is 0.296. The number of ether oxygens (including phenoxy) is 4. The predicted octanol–water partition coefficient (Wildman–Crippen LogP) is 1.16. The van der Waals surface area contributed by atoms with Crippen LogP contribution in [0.4, 0.5) is 0 Å². The molecule has 0 saturated heterocycles. The minimum atomic E-state index is -0.198. The van der Waals surface area contributed by atoms with Crippen LogP contribution in [0.5, 0.6) is 0 Å². The Kier molecular flexibility index (Phi) is 14.7. The van der Waals surface area contributed by atoms with E-state index in [9.17, 15) is 4.79 Å². The summed E-state index contributed by atoms with van der Waals surface area (Å²) in [5.74, 6) is -0.214. The van der Waals surface area contributed by atoms with Gasteiger partial charge in [0, 0.05) is 26.2 Å². The van der Waals surface area contributed by atoms with Crippen molar-refractivity contribution in [3.05, 3.63) is 0 Å². The van der Waals surface area contributed by atoms with Gasteiger partial charge in [0.05, 0.1) is 26.4 Å². The highest BCUT2D eigenvalue weighted by atomic mass is 35.5. The van der Waals surface area contributed by atoms with Crippen LogP contribution in [0.3, 0.4) is 0 Å². The van der Waals surface area contributed by atoms with E-state index in [1.165, 1.54) is 0 Å². The molecule has 7 heteroatoms. The zero-order valence-corrected chi connectivity index (χ0v) is 13.1. The molecule has 0 fully saturated rings. The topological polar surface area (TPSA) is 66.0 Å². The summed E-state index contributed by atoms with van der Waals surface area (Å²) in [6, 6.07) is 0. The standard InChI is InChI=1S/C13H26ClNO5/c1-3-19-13(20-4-2)5-7-17-9-10-18-8-6-15-12(16)11-14/h13H,3-11H2,1-2H3,(H,15,16). The van der Waals surface area contributed by atoms with Gasteiger partial charge in [-0.25, -0.2) is 0 Å². The number of hydrogen-bond acceptors (Lipinski definition) is 5. The van der Waals surface area contributed by atoms with E-state index in [1.54, 1.807) is 0 Å². The van der Waals surface area contributed by atoms with Crippen molar-refractivity contribution in [2.75, 3.05) is 52.1 Å². The summed E-state index contributed by atoms with van der Waals surface area (Å²) in [5, 5.41) is 2.61. The average Bonchev–Trinajstić information content (AvgIpc) is 2.45. The number of alkyl halides is 1. The molecule has 0 saturated carbocycles. The minimum absolute atomic E-state index is 0.0239. The second kappa shape index (κ2) is 15.0. The van der Waals surface area contributed by atoms with E-state index < -0.39 is 0 Å². The van der Waals surface area contributed by atoms with Gasteiger partial charge < -0.3 is 24.3 Å². The van der Waals surface area contributed by atoms with Gasteiger partial charge in [-0.15, -0.1) is 11.6 Å². The molecule has 0 aliphatic carbocycles. The lowest BCUT2D eigenvalue weighted by Gasteiger charge is -2.16. The lowest BCUT2D eigenvalue weighted by molar-refractivity contribution is -0.147. The predicted molar refractivity (Wildman–Crippen MR) is 77.0 cm³/mol. The van der Waals surface area contributed by atoms with Crippen molar-refractivity contribution >= 4 is 17.5 Å². The fraction of sp³-hybridized carbons (Fsp3) is 0.923. The Labute approximate surface area is 126 Å². The molecule has 1 amide bonds. The molecule has 6 nitrogen and oxygen atoms in total. The van der Waals surface area contributed by atoms with E-state index in [1.807, 2.05) is 13.8 Å². The number of carbonyl (C=O) groups is 1. The molecule has 0 aromatic carbocycles. The number of halogens is 1. The first-order valence-corrected chi connectivity index (χ1v) is 7.49. The van der Waals surface area contributed by atoms with E-state index in [0.717, 1.165) is 0 Å². The molecule has 0 spiro atoms.